The zero-order valence-electron chi connectivity index (χ0n) is 15.3. The summed E-state index contributed by atoms with van der Waals surface area (Å²) in [5.74, 6) is 1.78. The summed E-state index contributed by atoms with van der Waals surface area (Å²) in [5.41, 5.74) is 4.39. The third kappa shape index (κ3) is 3.91. The van der Waals surface area contributed by atoms with Crippen LogP contribution < -0.4 is 15.4 Å². The van der Waals surface area contributed by atoms with E-state index in [2.05, 4.69) is 57.9 Å². The smallest absolute Gasteiger partial charge is 0.249 e. The second kappa shape index (κ2) is 8.29. The Morgan fingerprint density at radius 1 is 0.923 bits per heavy atom. The second-order valence-corrected chi connectivity index (χ2v) is 5.77. The van der Waals surface area contributed by atoms with Gasteiger partial charge in [-0.25, -0.2) is 0 Å². The van der Waals surface area contributed by atoms with Crippen LogP contribution in [-0.2, 0) is 12.8 Å². The third-order valence-electron chi connectivity index (χ3n) is 4.16. The maximum absolute atomic E-state index is 5.35. The molecule has 0 spiro atoms. The molecule has 134 valence electrons. The van der Waals surface area contributed by atoms with E-state index in [0.29, 0.717) is 11.8 Å². The van der Waals surface area contributed by atoms with Crippen molar-refractivity contribution in [2.45, 2.75) is 26.7 Å². The SMILES string of the molecule is CCc1cccc(CC)c1Nc1cnnc(Nc2ccccc2OC)n1. The van der Waals surface area contributed by atoms with E-state index in [0.717, 1.165) is 30.0 Å². The lowest BCUT2D eigenvalue weighted by molar-refractivity contribution is 0.417. The van der Waals surface area contributed by atoms with Crippen molar-refractivity contribution in [3.63, 3.8) is 0 Å². The van der Waals surface area contributed by atoms with Gasteiger partial charge in [0.05, 0.1) is 19.0 Å². The second-order valence-electron chi connectivity index (χ2n) is 5.77. The van der Waals surface area contributed by atoms with Gasteiger partial charge in [0.1, 0.15) is 5.75 Å². The molecule has 0 aliphatic carbocycles. The Morgan fingerprint density at radius 3 is 2.35 bits per heavy atom. The van der Waals surface area contributed by atoms with E-state index in [1.165, 1.54) is 11.1 Å². The Morgan fingerprint density at radius 2 is 1.65 bits per heavy atom. The van der Waals surface area contributed by atoms with Crippen molar-refractivity contribution >= 4 is 23.1 Å². The van der Waals surface area contributed by atoms with E-state index in [1.807, 2.05) is 24.3 Å². The van der Waals surface area contributed by atoms with Gasteiger partial charge in [0.25, 0.3) is 0 Å². The van der Waals surface area contributed by atoms with Crippen LogP contribution in [0.1, 0.15) is 25.0 Å². The number of nitrogens with one attached hydrogen (secondary N) is 2. The highest BCUT2D eigenvalue weighted by molar-refractivity contribution is 5.66. The fourth-order valence-electron chi connectivity index (χ4n) is 2.82. The van der Waals surface area contributed by atoms with Crippen molar-refractivity contribution in [3.8, 4) is 5.75 Å². The van der Waals surface area contributed by atoms with E-state index in [-0.39, 0.29) is 0 Å². The predicted octanol–water partition coefficient (Wildman–Crippen LogP) is 4.49. The predicted molar refractivity (Wildman–Crippen MR) is 105 cm³/mol. The van der Waals surface area contributed by atoms with Gasteiger partial charge in [-0.2, -0.15) is 10.1 Å². The van der Waals surface area contributed by atoms with E-state index < -0.39 is 0 Å². The van der Waals surface area contributed by atoms with Crippen molar-refractivity contribution in [2.75, 3.05) is 17.7 Å². The molecule has 0 aliphatic rings. The first kappa shape index (κ1) is 17.7. The molecule has 0 saturated heterocycles. The normalized spacial score (nSPS) is 10.4. The fraction of sp³-hybridized carbons (Fsp3) is 0.250. The lowest BCUT2D eigenvalue weighted by atomic mass is 10.0. The number of methoxy groups -OCH3 is 1. The van der Waals surface area contributed by atoms with Crippen LogP contribution in [0.4, 0.5) is 23.1 Å². The Hall–Kier alpha value is -3.15. The number of aryl methyl sites for hydroxylation is 2. The average Bonchev–Trinajstić information content (AvgIpc) is 2.69. The van der Waals surface area contributed by atoms with Gasteiger partial charge in [-0.1, -0.05) is 44.2 Å². The highest BCUT2D eigenvalue weighted by Crippen LogP contribution is 2.27. The molecule has 0 amide bonds. The van der Waals surface area contributed by atoms with E-state index in [9.17, 15) is 0 Å². The molecule has 0 radical (unpaired) electrons. The minimum absolute atomic E-state index is 0.409. The van der Waals surface area contributed by atoms with Gasteiger partial charge in [-0.05, 0) is 36.1 Å². The Balaban J connectivity index is 1.87. The van der Waals surface area contributed by atoms with Crippen LogP contribution in [0.2, 0.25) is 0 Å². The van der Waals surface area contributed by atoms with Gasteiger partial charge in [0, 0.05) is 5.69 Å². The van der Waals surface area contributed by atoms with Crippen molar-refractivity contribution < 1.29 is 4.74 Å². The van der Waals surface area contributed by atoms with E-state index >= 15 is 0 Å². The number of hydrogen-bond acceptors (Lipinski definition) is 6. The first-order valence-electron chi connectivity index (χ1n) is 8.72. The number of rotatable bonds is 7. The monoisotopic (exact) mass is 349 g/mol. The maximum atomic E-state index is 5.35. The number of ether oxygens (including phenoxy) is 1. The molecule has 0 saturated carbocycles. The number of nitrogens with zero attached hydrogens (tertiary/aromatic N) is 3. The fourth-order valence-corrected chi connectivity index (χ4v) is 2.82. The van der Waals surface area contributed by atoms with Crippen LogP contribution in [0.5, 0.6) is 5.75 Å². The van der Waals surface area contributed by atoms with Crippen LogP contribution in [0.15, 0.2) is 48.7 Å². The van der Waals surface area contributed by atoms with Crippen LogP contribution >= 0.6 is 0 Å². The molecular weight excluding hydrogens is 326 g/mol. The summed E-state index contributed by atoms with van der Waals surface area (Å²) in [7, 11) is 1.63. The Labute approximate surface area is 153 Å². The number of para-hydroxylation sites is 3. The zero-order valence-corrected chi connectivity index (χ0v) is 15.3. The highest BCUT2D eigenvalue weighted by atomic mass is 16.5. The van der Waals surface area contributed by atoms with Crippen LogP contribution in [0, 0.1) is 0 Å². The standard InChI is InChI=1S/C20H23N5O/c1-4-14-9-8-10-15(5-2)19(14)23-18-13-21-25-20(24-18)22-16-11-6-7-12-17(16)26-3/h6-13H,4-5H2,1-3H3,(H2,22,23,24,25). The summed E-state index contributed by atoms with van der Waals surface area (Å²) in [6, 6.07) is 14.0. The van der Waals surface area contributed by atoms with Crippen molar-refractivity contribution in [3.05, 3.63) is 59.8 Å². The van der Waals surface area contributed by atoms with Crippen molar-refractivity contribution in [1.82, 2.24) is 15.2 Å². The number of anilines is 4. The molecule has 2 aromatic carbocycles. The molecule has 3 aromatic rings. The summed E-state index contributed by atoms with van der Waals surface area (Å²) in [4.78, 5) is 4.54. The molecule has 6 heteroatoms. The molecule has 26 heavy (non-hydrogen) atoms. The largest absolute Gasteiger partial charge is 0.495 e. The van der Waals surface area contributed by atoms with Gasteiger partial charge in [0.15, 0.2) is 5.82 Å². The molecule has 3 rings (SSSR count). The van der Waals surface area contributed by atoms with Gasteiger partial charge in [0.2, 0.25) is 5.95 Å². The first-order chi connectivity index (χ1) is 12.7. The highest BCUT2D eigenvalue weighted by Gasteiger charge is 2.09. The van der Waals surface area contributed by atoms with Crippen molar-refractivity contribution in [2.24, 2.45) is 0 Å². The molecule has 1 aromatic heterocycles. The molecule has 0 atom stereocenters. The minimum Gasteiger partial charge on any atom is -0.495 e. The molecule has 6 nitrogen and oxygen atoms in total. The van der Waals surface area contributed by atoms with Crippen LogP contribution in [-0.4, -0.2) is 22.3 Å². The zero-order chi connectivity index (χ0) is 18.4. The van der Waals surface area contributed by atoms with Crippen LogP contribution in [0.3, 0.4) is 0 Å². The molecule has 1 heterocycles. The summed E-state index contributed by atoms with van der Waals surface area (Å²) < 4.78 is 5.35. The summed E-state index contributed by atoms with van der Waals surface area (Å²) in [5, 5.41) is 14.7. The maximum Gasteiger partial charge on any atom is 0.249 e. The molecule has 2 N–H and O–H groups in total. The number of aromatic nitrogens is 3. The number of hydrogen-bond donors (Lipinski definition) is 2. The Kier molecular flexibility index (Phi) is 5.63. The lowest BCUT2D eigenvalue weighted by Crippen LogP contribution is -2.05. The quantitative estimate of drug-likeness (QED) is 0.655. The molecule has 0 aliphatic heterocycles. The Bertz CT molecular complexity index is 859. The summed E-state index contributed by atoms with van der Waals surface area (Å²) in [6.07, 6.45) is 3.52. The first-order valence-corrected chi connectivity index (χ1v) is 8.72. The van der Waals surface area contributed by atoms with E-state index in [4.69, 9.17) is 4.74 Å². The summed E-state index contributed by atoms with van der Waals surface area (Å²) >= 11 is 0. The number of benzene rings is 2. The van der Waals surface area contributed by atoms with Gasteiger partial charge < -0.3 is 15.4 Å². The molecular formula is C20H23N5O. The van der Waals surface area contributed by atoms with E-state index in [1.54, 1.807) is 13.3 Å². The topological polar surface area (TPSA) is 72.0 Å². The van der Waals surface area contributed by atoms with Crippen LogP contribution in [0.25, 0.3) is 0 Å². The average molecular weight is 349 g/mol. The molecule has 0 bridgehead atoms. The minimum atomic E-state index is 0.409. The van der Waals surface area contributed by atoms with Gasteiger partial charge in [-0.3, -0.25) is 0 Å². The van der Waals surface area contributed by atoms with Gasteiger partial charge >= 0.3 is 0 Å². The lowest BCUT2D eigenvalue weighted by Gasteiger charge is -2.15. The summed E-state index contributed by atoms with van der Waals surface area (Å²) in [6.45, 7) is 4.29. The van der Waals surface area contributed by atoms with Crippen molar-refractivity contribution in [1.29, 1.82) is 0 Å². The third-order valence-corrected chi connectivity index (χ3v) is 4.16. The van der Waals surface area contributed by atoms with Gasteiger partial charge in [-0.15, -0.1) is 5.10 Å². The molecule has 0 unspecified atom stereocenters. The molecule has 0 fully saturated rings.